The monoisotopic (exact) mass is 212 g/mol. The molecular formula is C9H16N4S. The Balaban J connectivity index is 2.02. The third kappa shape index (κ3) is 1.97. The quantitative estimate of drug-likeness (QED) is 0.770. The third-order valence-electron chi connectivity index (χ3n) is 2.82. The number of nitrogens with zero attached hydrogens (tertiary/aromatic N) is 3. The fourth-order valence-corrected chi connectivity index (χ4v) is 2.32. The van der Waals surface area contributed by atoms with Gasteiger partial charge in [0.25, 0.3) is 0 Å². The minimum atomic E-state index is 0.479. The van der Waals surface area contributed by atoms with E-state index in [1.54, 1.807) is 0 Å². The predicted molar refractivity (Wildman–Crippen MR) is 59.5 cm³/mol. The van der Waals surface area contributed by atoms with Gasteiger partial charge in [-0.1, -0.05) is 25.2 Å². The van der Waals surface area contributed by atoms with Gasteiger partial charge in [0.1, 0.15) is 0 Å². The Morgan fingerprint density at radius 3 is 2.43 bits per heavy atom. The maximum Gasteiger partial charge on any atom is 0.209 e. The molecule has 0 aromatic carbocycles. The summed E-state index contributed by atoms with van der Waals surface area (Å²) >= 11 is 1.48. The molecule has 0 amide bonds. The molecule has 0 spiro atoms. The minimum Gasteiger partial charge on any atom is -0.374 e. The predicted octanol–water partition coefficient (Wildman–Crippen LogP) is 1.75. The van der Waals surface area contributed by atoms with Crippen molar-refractivity contribution in [2.24, 2.45) is 5.41 Å². The second-order valence-corrected chi connectivity index (χ2v) is 5.56. The van der Waals surface area contributed by atoms with Crippen LogP contribution in [0.25, 0.3) is 0 Å². The van der Waals surface area contributed by atoms with Crippen molar-refractivity contribution >= 4 is 21.6 Å². The Hall–Kier alpha value is -0.840. The molecule has 1 aromatic heterocycles. The first-order valence-corrected chi connectivity index (χ1v) is 5.72. The molecule has 1 aliphatic rings. The Kier molecular flexibility index (Phi) is 2.34. The first-order chi connectivity index (χ1) is 6.57. The van der Waals surface area contributed by atoms with Gasteiger partial charge in [-0.05, 0) is 18.3 Å². The van der Waals surface area contributed by atoms with Gasteiger partial charge in [-0.25, -0.2) is 0 Å². The Morgan fingerprint density at radius 2 is 1.93 bits per heavy atom. The van der Waals surface area contributed by atoms with Gasteiger partial charge in [-0.2, -0.15) is 0 Å². The van der Waals surface area contributed by atoms with Crippen molar-refractivity contribution in [2.75, 3.05) is 23.7 Å². The molecule has 1 aliphatic heterocycles. The number of anilines is 2. The van der Waals surface area contributed by atoms with E-state index >= 15 is 0 Å². The Bertz CT molecular complexity index is 310. The summed E-state index contributed by atoms with van der Waals surface area (Å²) < 4.78 is 0. The smallest absolute Gasteiger partial charge is 0.209 e. The van der Waals surface area contributed by atoms with E-state index in [4.69, 9.17) is 5.73 Å². The van der Waals surface area contributed by atoms with Gasteiger partial charge in [0.2, 0.25) is 10.3 Å². The van der Waals surface area contributed by atoms with Crippen LogP contribution in [-0.4, -0.2) is 23.3 Å². The van der Waals surface area contributed by atoms with Crippen molar-refractivity contribution in [1.82, 2.24) is 10.2 Å². The largest absolute Gasteiger partial charge is 0.374 e. The average Bonchev–Trinajstić information content (AvgIpc) is 2.52. The number of hydrogen-bond donors (Lipinski definition) is 1. The number of aromatic nitrogens is 2. The van der Waals surface area contributed by atoms with Crippen molar-refractivity contribution in [2.45, 2.75) is 26.7 Å². The highest BCUT2D eigenvalue weighted by atomic mass is 32.1. The second-order valence-electron chi connectivity index (χ2n) is 4.57. The summed E-state index contributed by atoms with van der Waals surface area (Å²) in [4.78, 5) is 2.28. The van der Waals surface area contributed by atoms with Gasteiger partial charge in [0, 0.05) is 13.1 Å². The van der Waals surface area contributed by atoms with E-state index in [2.05, 4.69) is 28.9 Å². The van der Waals surface area contributed by atoms with E-state index in [0.717, 1.165) is 18.2 Å². The number of nitrogen functional groups attached to an aromatic ring is 1. The molecule has 5 heteroatoms. The zero-order chi connectivity index (χ0) is 10.2. The molecule has 2 rings (SSSR count). The van der Waals surface area contributed by atoms with Crippen molar-refractivity contribution in [3.63, 3.8) is 0 Å². The van der Waals surface area contributed by atoms with E-state index in [-0.39, 0.29) is 0 Å². The molecule has 0 radical (unpaired) electrons. The lowest BCUT2D eigenvalue weighted by molar-refractivity contribution is 0.279. The van der Waals surface area contributed by atoms with Crippen molar-refractivity contribution in [3.8, 4) is 0 Å². The SMILES string of the molecule is CC1(C)CCN(c2nnc(N)s2)CC1. The van der Waals surface area contributed by atoms with Crippen LogP contribution in [0.4, 0.5) is 10.3 Å². The summed E-state index contributed by atoms with van der Waals surface area (Å²) in [6.45, 7) is 6.78. The molecule has 0 saturated carbocycles. The molecule has 0 aliphatic carbocycles. The molecule has 14 heavy (non-hydrogen) atoms. The lowest BCUT2D eigenvalue weighted by Crippen LogP contribution is -2.37. The number of hydrogen-bond acceptors (Lipinski definition) is 5. The number of piperidine rings is 1. The standard InChI is InChI=1S/C9H16N4S/c1-9(2)3-5-13(6-4-9)8-12-11-7(10)14-8/h3-6H2,1-2H3,(H2,10,11). The van der Waals surface area contributed by atoms with E-state index < -0.39 is 0 Å². The molecule has 0 bridgehead atoms. The molecule has 0 unspecified atom stereocenters. The maximum absolute atomic E-state index is 5.56. The second kappa shape index (κ2) is 3.38. The lowest BCUT2D eigenvalue weighted by atomic mass is 9.83. The van der Waals surface area contributed by atoms with Crippen molar-refractivity contribution < 1.29 is 0 Å². The molecule has 0 atom stereocenters. The maximum atomic E-state index is 5.56. The molecule has 78 valence electrons. The van der Waals surface area contributed by atoms with E-state index in [1.165, 1.54) is 24.2 Å². The van der Waals surface area contributed by atoms with E-state index in [1.807, 2.05) is 0 Å². The fourth-order valence-electron chi connectivity index (χ4n) is 1.66. The molecule has 1 aromatic rings. The minimum absolute atomic E-state index is 0.479. The van der Waals surface area contributed by atoms with Crippen LogP contribution in [0.15, 0.2) is 0 Å². The summed E-state index contributed by atoms with van der Waals surface area (Å²) in [6, 6.07) is 0. The van der Waals surface area contributed by atoms with Crippen LogP contribution in [0.3, 0.4) is 0 Å². The first-order valence-electron chi connectivity index (χ1n) is 4.91. The van der Waals surface area contributed by atoms with Gasteiger partial charge in [-0.3, -0.25) is 0 Å². The highest BCUT2D eigenvalue weighted by Gasteiger charge is 2.26. The summed E-state index contributed by atoms with van der Waals surface area (Å²) in [5.41, 5.74) is 6.04. The first kappa shape index (κ1) is 9.71. The highest BCUT2D eigenvalue weighted by Crippen LogP contribution is 2.33. The third-order valence-corrected chi connectivity index (χ3v) is 3.63. The van der Waals surface area contributed by atoms with Crippen LogP contribution in [0.1, 0.15) is 26.7 Å². The van der Waals surface area contributed by atoms with Crippen molar-refractivity contribution in [3.05, 3.63) is 0 Å². The van der Waals surface area contributed by atoms with Crippen LogP contribution < -0.4 is 10.6 Å². The molecular weight excluding hydrogens is 196 g/mol. The average molecular weight is 212 g/mol. The van der Waals surface area contributed by atoms with Crippen LogP contribution in [0.2, 0.25) is 0 Å². The van der Waals surface area contributed by atoms with Crippen LogP contribution in [0.5, 0.6) is 0 Å². The summed E-state index contributed by atoms with van der Waals surface area (Å²) in [7, 11) is 0. The van der Waals surface area contributed by atoms with Crippen LogP contribution in [0, 0.1) is 5.41 Å². The molecule has 1 saturated heterocycles. The lowest BCUT2D eigenvalue weighted by Gasteiger charge is -2.36. The Morgan fingerprint density at radius 1 is 1.29 bits per heavy atom. The van der Waals surface area contributed by atoms with Crippen molar-refractivity contribution in [1.29, 1.82) is 0 Å². The van der Waals surface area contributed by atoms with Gasteiger partial charge < -0.3 is 10.6 Å². The van der Waals surface area contributed by atoms with E-state index in [0.29, 0.717) is 10.5 Å². The molecule has 4 nitrogen and oxygen atoms in total. The van der Waals surface area contributed by atoms with Gasteiger partial charge in [0.05, 0.1) is 0 Å². The zero-order valence-electron chi connectivity index (χ0n) is 8.66. The summed E-state index contributed by atoms with van der Waals surface area (Å²) in [5, 5.41) is 9.42. The normalized spacial score (nSPS) is 21.1. The number of nitrogens with two attached hydrogens (primary N) is 1. The molecule has 2 heterocycles. The van der Waals surface area contributed by atoms with Crippen LogP contribution >= 0.6 is 11.3 Å². The molecule has 1 fully saturated rings. The fraction of sp³-hybridized carbons (Fsp3) is 0.778. The van der Waals surface area contributed by atoms with Crippen LogP contribution in [-0.2, 0) is 0 Å². The summed E-state index contributed by atoms with van der Waals surface area (Å²) in [5.74, 6) is 0. The van der Waals surface area contributed by atoms with E-state index in [9.17, 15) is 0 Å². The summed E-state index contributed by atoms with van der Waals surface area (Å²) in [6.07, 6.45) is 2.43. The van der Waals surface area contributed by atoms with Gasteiger partial charge in [0.15, 0.2) is 0 Å². The highest BCUT2D eigenvalue weighted by molar-refractivity contribution is 7.18. The molecule has 2 N–H and O–H groups in total. The Labute approximate surface area is 88.1 Å². The zero-order valence-corrected chi connectivity index (χ0v) is 9.47. The van der Waals surface area contributed by atoms with Gasteiger partial charge >= 0.3 is 0 Å². The van der Waals surface area contributed by atoms with Gasteiger partial charge in [-0.15, -0.1) is 10.2 Å². The number of rotatable bonds is 1. The topological polar surface area (TPSA) is 55.0 Å².